The predicted octanol–water partition coefficient (Wildman–Crippen LogP) is 3.91. The first kappa shape index (κ1) is 21.7. The number of guanidine groups is 1. The maximum atomic E-state index is 4.37. The van der Waals surface area contributed by atoms with E-state index in [1.54, 1.807) is 0 Å². The van der Waals surface area contributed by atoms with E-state index >= 15 is 0 Å². The molecule has 0 atom stereocenters. The van der Waals surface area contributed by atoms with Gasteiger partial charge in [0.05, 0.1) is 0 Å². The van der Waals surface area contributed by atoms with E-state index in [4.69, 9.17) is 0 Å². The van der Waals surface area contributed by atoms with E-state index < -0.39 is 0 Å². The smallest absolute Gasteiger partial charge is 0.191 e. The molecule has 1 aromatic carbocycles. The third-order valence-electron chi connectivity index (χ3n) is 4.44. The normalized spacial score (nSPS) is 16.6. The minimum absolute atomic E-state index is 0. The highest BCUT2D eigenvalue weighted by Gasteiger charge is 2.19. The highest BCUT2D eigenvalue weighted by Crippen LogP contribution is 2.15. The number of piperidine rings is 1. The third kappa shape index (κ3) is 6.88. The first-order valence-electron chi connectivity index (χ1n) is 8.57. The molecule has 0 radical (unpaired) electrons. The maximum Gasteiger partial charge on any atom is 0.191 e. The number of aliphatic imine (C=N–C) groups is 1. The number of nitrogens with zero attached hydrogens (tertiary/aromatic N) is 2. The van der Waals surface area contributed by atoms with Gasteiger partial charge in [0.25, 0.3) is 0 Å². The van der Waals surface area contributed by atoms with Crippen molar-refractivity contribution in [2.45, 2.75) is 45.7 Å². The van der Waals surface area contributed by atoms with Gasteiger partial charge in [-0.05, 0) is 56.0 Å². The van der Waals surface area contributed by atoms with E-state index in [2.05, 4.69) is 68.5 Å². The van der Waals surface area contributed by atoms with Crippen LogP contribution in [0, 0.1) is 6.92 Å². The lowest BCUT2D eigenvalue weighted by Crippen LogP contribution is -2.48. The van der Waals surface area contributed by atoms with E-state index in [-0.39, 0.29) is 24.0 Å². The van der Waals surface area contributed by atoms with Crippen molar-refractivity contribution >= 4 is 45.9 Å². The van der Waals surface area contributed by atoms with Crippen LogP contribution in [0.5, 0.6) is 0 Å². The van der Waals surface area contributed by atoms with E-state index in [1.807, 2.05) is 7.05 Å². The van der Waals surface area contributed by atoms with Crippen LogP contribution in [0.1, 0.15) is 37.3 Å². The molecule has 1 fully saturated rings. The lowest BCUT2D eigenvalue weighted by atomic mass is 10.1. The number of nitrogens with one attached hydrogen (secondary N) is 2. The number of benzene rings is 1. The van der Waals surface area contributed by atoms with Crippen LogP contribution in [-0.4, -0.2) is 43.6 Å². The summed E-state index contributed by atoms with van der Waals surface area (Å²) in [5, 5.41) is 7.01. The Labute approximate surface area is 172 Å². The number of rotatable bonds is 5. The summed E-state index contributed by atoms with van der Waals surface area (Å²) in [5.41, 5.74) is 2.59. The maximum absolute atomic E-state index is 4.37. The van der Waals surface area contributed by atoms with Gasteiger partial charge in [0.1, 0.15) is 0 Å². The zero-order valence-electron chi connectivity index (χ0n) is 14.9. The Hall–Kier alpha value is -0.340. The number of hydrogen-bond donors (Lipinski definition) is 2. The molecule has 4 nitrogen and oxygen atoms in total. The Bertz CT molecular complexity index is 528. The summed E-state index contributed by atoms with van der Waals surface area (Å²) in [6, 6.07) is 6.92. The van der Waals surface area contributed by atoms with Crippen LogP contribution in [0.15, 0.2) is 27.7 Å². The molecule has 0 spiro atoms. The fourth-order valence-corrected chi connectivity index (χ4v) is 3.52. The Morgan fingerprint density at radius 1 is 1.33 bits per heavy atom. The van der Waals surface area contributed by atoms with E-state index in [1.165, 1.54) is 50.0 Å². The van der Waals surface area contributed by atoms with Crippen molar-refractivity contribution in [1.29, 1.82) is 0 Å². The Kier molecular flexibility index (Phi) is 10.2. The molecule has 6 heteroatoms. The van der Waals surface area contributed by atoms with Gasteiger partial charge < -0.3 is 15.5 Å². The quantitative estimate of drug-likeness (QED) is 0.360. The molecular weight excluding hydrogens is 479 g/mol. The van der Waals surface area contributed by atoms with Crippen molar-refractivity contribution in [1.82, 2.24) is 15.5 Å². The summed E-state index contributed by atoms with van der Waals surface area (Å²) in [5.74, 6) is 0.904. The van der Waals surface area contributed by atoms with Crippen molar-refractivity contribution < 1.29 is 0 Å². The highest BCUT2D eigenvalue weighted by molar-refractivity contribution is 14.0. The molecular formula is C18H30BrIN4. The number of aryl methyl sites for hydroxylation is 1. The van der Waals surface area contributed by atoms with Crippen LogP contribution in [0.4, 0.5) is 0 Å². The Morgan fingerprint density at radius 3 is 2.62 bits per heavy atom. The summed E-state index contributed by atoms with van der Waals surface area (Å²) in [6.07, 6.45) is 3.63. The second-order valence-corrected chi connectivity index (χ2v) is 7.17. The van der Waals surface area contributed by atoms with Crippen molar-refractivity contribution in [3.8, 4) is 0 Å². The lowest BCUT2D eigenvalue weighted by Gasteiger charge is -2.32. The molecule has 24 heavy (non-hydrogen) atoms. The van der Waals surface area contributed by atoms with Gasteiger partial charge in [0.2, 0.25) is 0 Å². The van der Waals surface area contributed by atoms with E-state index in [9.17, 15) is 0 Å². The van der Waals surface area contributed by atoms with Crippen molar-refractivity contribution in [3.63, 3.8) is 0 Å². The molecule has 1 saturated heterocycles. The molecule has 136 valence electrons. The lowest BCUT2D eigenvalue weighted by molar-refractivity contribution is 0.206. The summed E-state index contributed by atoms with van der Waals surface area (Å²) < 4.78 is 1.13. The topological polar surface area (TPSA) is 39.7 Å². The second kappa shape index (κ2) is 11.3. The van der Waals surface area contributed by atoms with Gasteiger partial charge in [-0.1, -0.05) is 28.9 Å². The first-order chi connectivity index (χ1) is 11.1. The molecule has 2 rings (SSSR count). The van der Waals surface area contributed by atoms with Gasteiger partial charge >= 0.3 is 0 Å². The standard InChI is InChI=1S/C18H29BrN4.HI/c1-4-9-23-10-7-17(8-11-23)22-18(20-3)21-13-15-5-6-16(19)12-14(15)2;/h5-6,12,17H,4,7-11,13H2,1-3H3,(H2,20,21,22);1H. The second-order valence-electron chi connectivity index (χ2n) is 6.26. The van der Waals surface area contributed by atoms with Crippen LogP contribution in [0.3, 0.4) is 0 Å². The van der Waals surface area contributed by atoms with E-state index in [0.717, 1.165) is 17.0 Å². The molecule has 0 unspecified atom stereocenters. The molecule has 0 bridgehead atoms. The molecule has 0 amide bonds. The fourth-order valence-electron chi connectivity index (χ4n) is 3.04. The van der Waals surface area contributed by atoms with Crippen molar-refractivity contribution in [3.05, 3.63) is 33.8 Å². The predicted molar refractivity (Wildman–Crippen MR) is 117 cm³/mol. The highest BCUT2D eigenvalue weighted by atomic mass is 127. The van der Waals surface area contributed by atoms with Crippen LogP contribution >= 0.6 is 39.9 Å². The van der Waals surface area contributed by atoms with Crippen LogP contribution in [-0.2, 0) is 6.54 Å². The minimum atomic E-state index is 0. The SMILES string of the molecule is CCCN1CCC(NC(=NC)NCc2ccc(Br)cc2C)CC1.I. The molecule has 0 aliphatic carbocycles. The Morgan fingerprint density at radius 2 is 2.04 bits per heavy atom. The monoisotopic (exact) mass is 508 g/mol. The zero-order valence-corrected chi connectivity index (χ0v) is 18.9. The minimum Gasteiger partial charge on any atom is -0.354 e. The summed E-state index contributed by atoms with van der Waals surface area (Å²) in [4.78, 5) is 6.93. The number of hydrogen-bond acceptors (Lipinski definition) is 2. The van der Waals surface area contributed by atoms with Gasteiger partial charge in [-0.15, -0.1) is 24.0 Å². The zero-order chi connectivity index (χ0) is 16.7. The summed E-state index contributed by atoms with van der Waals surface area (Å²) in [7, 11) is 1.84. The molecule has 2 N–H and O–H groups in total. The molecule has 1 heterocycles. The van der Waals surface area contributed by atoms with Gasteiger partial charge in [0, 0.05) is 37.2 Å². The average Bonchev–Trinajstić information content (AvgIpc) is 2.54. The molecule has 1 aromatic rings. The first-order valence-corrected chi connectivity index (χ1v) is 9.36. The molecule has 1 aliphatic rings. The molecule has 0 aromatic heterocycles. The number of likely N-dealkylation sites (tertiary alicyclic amines) is 1. The van der Waals surface area contributed by atoms with Gasteiger partial charge in [0.15, 0.2) is 5.96 Å². The van der Waals surface area contributed by atoms with Crippen molar-refractivity contribution in [2.24, 2.45) is 4.99 Å². The average molecular weight is 509 g/mol. The van der Waals surface area contributed by atoms with Crippen LogP contribution in [0.2, 0.25) is 0 Å². The van der Waals surface area contributed by atoms with Gasteiger partial charge in [-0.2, -0.15) is 0 Å². The van der Waals surface area contributed by atoms with Gasteiger partial charge in [-0.25, -0.2) is 0 Å². The Balaban J connectivity index is 0.00000288. The molecule has 1 aliphatic heterocycles. The van der Waals surface area contributed by atoms with Crippen molar-refractivity contribution in [2.75, 3.05) is 26.7 Å². The van der Waals surface area contributed by atoms with Crippen LogP contribution < -0.4 is 10.6 Å². The van der Waals surface area contributed by atoms with Crippen LogP contribution in [0.25, 0.3) is 0 Å². The fraction of sp³-hybridized carbons (Fsp3) is 0.611. The van der Waals surface area contributed by atoms with Gasteiger partial charge in [-0.3, -0.25) is 4.99 Å². The number of halogens is 2. The summed E-state index contributed by atoms with van der Waals surface area (Å²) >= 11 is 3.51. The van der Waals surface area contributed by atoms with E-state index in [0.29, 0.717) is 6.04 Å². The summed E-state index contributed by atoms with van der Waals surface area (Å²) in [6.45, 7) is 8.79. The molecule has 0 saturated carbocycles. The third-order valence-corrected chi connectivity index (χ3v) is 4.94. The largest absolute Gasteiger partial charge is 0.354 e.